The van der Waals surface area contributed by atoms with Crippen LogP contribution in [0, 0.1) is 12.8 Å². The molecule has 1 heterocycles. The number of rotatable bonds is 10. The quantitative estimate of drug-likeness (QED) is 0.392. The van der Waals surface area contributed by atoms with Gasteiger partial charge in [-0.05, 0) is 68.3 Å². The maximum Gasteiger partial charge on any atom is 0.416 e. The summed E-state index contributed by atoms with van der Waals surface area (Å²) in [4.78, 5) is 1.13. The molecule has 1 aliphatic heterocycles. The van der Waals surface area contributed by atoms with Gasteiger partial charge in [0.15, 0.2) is 12.6 Å². The van der Waals surface area contributed by atoms with Crippen LogP contribution in [0.15, 0.2) is 47.4 Å². The van der Waals surface area contributed by atoms with Crippen molar-refractivity contribution in [2.75, 3.05) is 19.0 Å². The molecule has 0 aromatic heterocycles. The molecule has 0 unspecified atom stereocenters. The van der Waals surface area contributed by atoms with Crippen LogP contribution in [0.4, 0.5) is 13.2 Å². The summed E-state index contributed by atoms with van der Waals surface area (Å²) in [6, 6.07) is 10.9. The highest BCUT2D eigenvalue weighted by Crippen LogP contribution is 2.31. The van der Waals surface area contributed by atoms with Crippen LogP contribution >= 0.6 is 11.8 Å². The van der Waals surface area contributed by atoms with Crippen LogP contribution in [0.3, 0.4) is 0 Å². The molecule has 31 heavy (non-hydrogen) atoms. The minimum absolute atomic E-state index is 0.164. The van der Waals surface area contributed by atoms with E-state index >= 15 is 0 Å². The molecule has 0 N–H and O–H groups in total. The van der Waals surface area contributed by atoms with Gasteiger partial charge < -0.3 is 18.9 Å². The van der Waals surface area contributed by atoms with Crippen LogP contribution in [0.25, 0.3) is 0 Å². The van der Waals surface area contributed by atoms with Gasteiger partial charge in [0.1, 0.15) is 18.1 Å². The number of halogens is 3. The molecular formula is C23H27F3O4S. The largest absolute Gasteiger partial charge is 0.493 e. The summed E-state index contributed by atoms with van der Waals surface area (Å²) in [5, 5.41) is 0. The number of hydrogen-bond acceptors (Lipinski definition) is 5. The molecule has 4 nitrogen and oxygen atoms in total. The Morgan fingerprint density at radius 3 is 2.35 bits per heavy atom. The van der Waals surface area contributed by atoms with E-state index in [0.29, 0.717) is 19.0 Å². The van der Waals surface area contributed by atoms with E-state index in [0.717, 1.165) is 40.5 Å². The molecule has 1 fully saturated rings. The summed E-state index contributed by atoms with van der Waals surface area (Å²) in [7, 11) is 0. The Kier molecular flexibility index (Phi) is 8.13. The van der Waals surface area contributed by atoms with Crippen LogP contribution < -0.4 is 9.47 Å². The molecule has 1 aliphatic rings. The fraction of sp³-hybridized carbons (Fsp3) is 0.478. The van der Waals surface area contributed by atoms with E-state index < -0.39 is 11.7 Å². The fourth-order valence-electron chi connectivity index (χ4n) is 3.00. The van der Waals surface area contributed by atoms with E-state index in [9.17, 15) is 13.2 Å². The van der Waals surface area contributed by atoms with E-state index in [1.165, 1.54) is 12.1 Å². The second-order valence-corrected chi connectivity index (χ2v) is 8.52. The zero-order valence-electron chi connectivity index (χ0n) is 17.8. The number of alkyl halides is 3. The molecule has 8 heteroatoms. The van der Waals surface area contributed by atoms with E-state index in [1.54, 1.807) is 11.8 Å². The van der Waals surface area contributed by atoms with Crippen molar-refractivity contribution in [3.63, 3.8) is 0 Å². The average Bonchev–Trinajstić information content (AvgIpc) is 2.71. The van der Waals surface area contributed by atoms with Gasteiger partial charge in [0, 0.05) is 16.6 Å². The second kappa shape index (κ2) is 10.6. The number of ether oxygens (including phenoxy) is 4. The first-order chi connectivity index (χ1) is 14.7. The van der Waals surface area contributed by atoms with Crippen LogP contribution in [-0.4, -0.2) is 31.5 Å². The van der Waals surface area contributed by atoms with E-state index in [4.69, 9.17) is 18.9 Å². The van der Waals surface area contributed by atoms with Gasteiger partial charge in [-0.2, -0.15) is 13.2 Å². The number of thioether (sulfide) groups is 1. The van der Waals surface area contributed by atoms with Crippen molar-refractivity contribution in [1.82, 2.24) is 0 Å². The Morgan fingerprint density at radius 2 is 1.77 bits per heavy atom. The predicted molar refractivity (Wildman–Crippen MR) is 114 cm³/mol. The zero-order chi connectivity index (χ0) is 22.4. The normalized spacial score (nSPS) is 19.5. The summed E-state index contributed by atoms with van der Waals surface area (Å²) in [6.45, 7) is 6.72. The summed E-state index contributed by atoms with van der Waals surface area (Å²) in [6.07, 6.45) is -3.90. The lowest BCUT2D eigenvalue weighted by molar-refractivity contribution is -0.380. The van der Waals surface area contributed by atoms with Gasteiger partial charge in [-0.25, -0.2) is 0 Å². The van der Waals surface area contributed by atoms with E-state index in [2.05, 4.69) is 13.0 Å². The van der Waals surface area contributed by atoms with Gasteiger partial charge in [-0.1, -0.05) is 6.92 Å². The first-order valence-electron chi connectivity index (χ1n) is 10.2. The van der Waals surface area contributed by atoms with E-state index in [1.807, 2.05) is 26.0 Å². The molecule has 0 radical (unpaired) electrons. The van der Waals surface area contributed by atoms with Crippen molar-refractivity contribution < 1.29 is 32.1 Å². The molecule has 2 aromatic carbocycles. The second-order valence-electron chi connectivity index (χ2n) is 7.43. The van der Waals surface area contributed by atoms with Crippen molar-refractivity contribution in [2.45, 2.75) is 50.8 Å². The third kappa shape index (κ3) is 7.05. The van der Waals surface area contributed by atoms with Crippen molar-refractivity contribution in [1.29, 1.82) is 0 Å². The summed E-state index contributed by atoms with van der Waals surface area (Å²) >= 11 is 1.72. The Morgan fingerprint density at radius 1 is 1.06 bits per heavy atom. The third-order valence-corrected chi connectivity index (χ3v) is 6.16. The minimum Gasteiger partial charge on any atom is -0.493 e. The first kappa shape index (κ1) is 23.8. The van der Waals surface area contributed by atoms with Gasteiger partial charge in [-0.15, -0.1) is 11.8 Å². The van der Waals surface area contributed by atoms with Gasteiger partial charge in [0.2, 0.25) is 0 Å². The van der Waals surface area contributed by atoms with Gasteiger partial charge >= 0.3 is 6.18 Å². The molecule has 2 aromatic rings. The van der Waals surface area contributed by atoms with Crippen LogP contribution in [0.5, 0.6) is 11.5 Å². The lowest BCUT2D eigenvalue weighted by Gasteiger charge is -2.33. The van der Waals surface area contributed by atoms with E-state index in [-0.39, 0.29) is 18.5 Å². The molecule has 0 aliphatic carbocycles. The number of aryl methyl sites for hydroxylation is 1. The third-order valence-electron chi connectivity index (χ3n) is 4.94. The van der Waals surface area contributed by atoms with Gasteiger partial charge in [0.05, 0.1) is 12.2 Å². The highest BCUT2D eigenvalue weighted by Gasteiger charge is 2.30. The maximum absolute atomic E-state index is 12.7. The van der Waals surface area contributed by atoms with Crippen molar-refractivity contribution in [3.05, 3.63) is 53.6 Å². The fourth-order valence-corrected chi connectivity index (χ4v) is 4.18. The Balaban J connectivity index is 1.44. The lowest BCUT2D eigenvalue weighted by atomic mass is 10.1. The molecular weight excluding hydrogens is 429 g/mol. The highest BCUT2D eigenvalue weighted by atomic mass is 32.2. The van der Waals surface area contributed by atoms with Gasteiger partial charge in [0.25, 0.3) is 0 Å². The van der Waals surface area contributed by atoms with Gasteiger partial charge in [-0.3, -0.25) is 0 Å². The molecule has 0 spiro atoms. The minimum atomic E-state index is -4.34. The highest BCUT2D eigenvalue weighted by molar-refractivity contribution is 7.99. The van der Waals surface area contributed by atoms with Crippen molar-refractivity contribution in [2.24, 2.45) is 5.92 Å². The molecule has 0 saturated carbocycles. The predicted octanol–water partition coefficient (Wildman–Crippen LogP) is 6.31. The van der Waals surface area contributed by atoms with Crippen molar-refractivity contribution >= 4 is 11.8 Å². The molecule has 1 saturated heterocycles. The summed E-state index contributed by atoms with van der Waals surface area (Å²) in [5.41, 5.74) is 0.360. The smallest absolute Gasteiger partial charge is 0.416 e. The average molecular weight is 457 g/mol. The standard InChI is InChI=1S/C23H27F3O4S/c1-4-17(12-27-19-7-5-18(6-8-19)23(24,25)26)14-31-20-9-10-21(15(2)11-20)28-13-22-29-16(3)30-22/h5-11,16-17,22H,4,12-14H2,1-3H3/t16?,17-,22?/m1/s1. The molecule has 1 atom stereocenters. The van der Waals surface area contributed by atoms with Crippen LogP contribution in [-0.2, 0) is 15.7 Å². The number of hydrogen-bond donors (Lipinski definition) is 0. The zero-order valence-corrected chi connectivity index (χ0v) is 18.6. The number of benzene rings is 2. The summed E-state index contributed by atoms with van der Waals surface area (Å²) < 4.78 is 60.2. The molecule has 0 bridgehead atoms. The Labute approximate surface area is 185 Å². The lowest BCUT2D eigenvalue weighted by Crippen LogP contribution is -2.42. The monoisotopic (exact) mass is 456 g/mol. The van der Waals surface area contributed by atoms with Crippen LogP contribution in [0.1, 0.15) is 31.4 Å². The Bertz CT molecular complexity index is 836. The first-order valence-corrected chi connectivity index (χ1v) is 11.2. The maximum atomic E-state index is 12.7. The van der Waals surface area contributed by atoms with Crippen molar-refractivity contribution in [3.8, 4) is 11.5 Å². The Hall–Kier alpha value is -1.90. The molecule has 3 rings (SSSR count). The summed E-state index contributed by atoms with van der Waals surface area (Å²) in [5.74, 6) is 2.37. The molecule has 170 valence electrons. The topological polar surface area (TPSA) is 36.9 Å². The molecule has 0 amide bonds. The van der Waals surface area contributed by atoms with Crippen LogP contribution in [0.2, 0.25) is 0 Å². The SMILES string of the molecule is CC[C@H](COc1ccc(C(F)(F)F)cc1)CSc1ccc(OCC2OC(C)O2)c(C)c1.